The lowest BCUT2D eigenvalue weighted by Crippen LogP contribution is -2.69. The van der Waals surface area contributed by atoms with Crippen LogP contribution < -0.4 is 11.1 Å². The quantitative estimate of drug-likeness (QED) is 0.877. The number of rotatable bonds is 2. The summed E-state index contributed by atoms with van der Waals surface area (Å²) >= 11 is 0. The largest absolute Gasteiger partial charge is 0.347 e. The van der Waals surface area contributed by atoms with E-state index in [2.05, 4.69) is 15.3 Å². The molecule has 1 spiro atoms. The molecule has 2 aliphatic rings. The van der Waals surface area contributed by atoms with E-state index >= 15 is 0 Å². The molecule has 2 fully saturated rings. The highest BCUT2D eigenvalue weighted by Gasteiger charge is 2.57. The molecule has 3 N–H and O–H groups in total. The first-order chi connectivity index (χ1) is 10.2. The van der Waals surface area contributed by atoms with Crippen LogP contribution in [-0.2, 0) is 0 Å². The summed E-state index contributed by atoms with van der Waals surface area (Å²) in [6, 6.07) is 6.09. The molecule has 0 bridgehead atoms. The van der Waals surface area contributed by atoms with E-state index in [4.69, 9.17) is 5.73 Å². The number of carbonyl (C=O) groups excluding carboxylic acids is 1. The number of nitrogens with zero attached hydrogens (tertiary/aromatic N) is 2. The molecule has 2 unspecified atom stereocenters. The van der Waals surface area contributed by atoms with E-state index in [-0.39, 0.29) is 23.4 Å². The number of aromatic nitrogens is 2. The Morgan fingerprint density at radius 3 is 2.86 bits per heavy atom. The van der Waals surface area contributed by atoms with Crippen LogP contribution in [0.1, 0.15) is 36.2 Å². The van der Waals surface area contributed by atoms with Crippen molar-refractivity contribution < 1.29 is 4.79 Å². The van der Waals surface area contributed by atoms with Gasteiger partial charge in [-0.1, -0.05) is 12.5 Å². The van der Waals surface area contributed by atoms with Crippen molar-refractivity contribution in [2.75, 3.05) is 0 Å². The van der Waals surface area contributed by atoms with Gasteiger partial charge < -0.3 is 11.1 Å². The standard InChI is InChI=1S/C16H18N4O/c17-11-9-12(16(11)5-2-6-16)20-15(21)14-13-10(4-8-19-14)3-1-7-18-13/h1,3-4,7-8,11-12H,2,5-6,9,17H2,(H,20,21). The van der Waals surface area contributed by atoms with Crippen LogP contribution in [0, 0.1) is 5.41 Å². The van der Waals surface area contributed by atoms with Crippen molar-refractivity contribution in [2.45, 2.75) is 37.8 Å². The van der Waals surface area contributed by atoms with E-state index < -0.39 is 0 Å². The van der Waals surface area contributed by atoms with Gasteiger partial charge in [-0.3, -0.25) is 9.78 Å². The van der Waals surface area contributed by atoms with E-state index in [1.807, 2.05) is 18.2 Å². The Morgan fingerprint density at radius 2 is 2.14 bits per heavy atom. The van der Waals surface area contributed by atoms with Crippen molar-refractivity contribution in [3.8, 4) is 0 Å². The molecular formula is C16H18N4O. The number of hydrogen-bond acceptors (Lipinski definition) is 4. The monoisotopic (exact) mass is 282 g/mol. The first kappa shape index (κ1) is 12.7. The van der Waals surface area contributed by atoms with Crippen LogP contribution in [0.25, 0.3) is 10.9 Å². The summed E-state index contributed by atoms with van der Waals surface area (Å²) in [6.45, 7) is 0. The maximum Gasteiger partial charge on any atom is 0.272 e. The van der Waals surface area contributed by atoms with Gasteiger partial charge in [-0.25, -0.2) is 4.98 Å². The van der Waals surface area contributed by atoms with E-state index in [9.17, 15) is 4.79 Å². The first-order valence-electron chi connectivity index (χ1n) is 7.47. The number of amides is 1. The highest BCUT2D eigenvalue weighted by molar-refractivity contribution is 6.03. The van der Waals surface area contributed by atoms with Gasteiger partial charge in [-0.05, 0) is 31.4 Å². The summed E-state index contributed by atoms with van der Waals surface area (Å²) in [5.41, 5.74) is 7.34. The molecule has 2 aromatic heterocycles. The summed E-state index contributed by atoms with van der Waals surface area (Å²) in [5.74, 6) is -0.137. The second-order valence-corrected chi connectivity index (χ2v) is 6.19. The lowest BCUT2D eigenvalue weighted by Gasteiger charge is -2.60. The molecule has 5 nitrogen and oxygen atoms in total. The maximum absolute atomic E-state index is 12.5. The highest BCUT2D eigenvalue weighted by atomic mass is 16.2. The number of fused-ring (bicyclic) bond motifs is 1. The minimum absolute atomic E-state index is 0.137. The molecular weight excluding hydrogens is 264 g/mol. The number of hydrogen-bond donors (Lipinski definition) is 2. The van der Waals surface area contributed by atoms with Gasteiger partial charge in [-0.15, -0.1) is 0 Å². The van der Waals surface area contributed by atoms with Gasteiger partial charge in [0.05, 0.1) is 0 Å². The van der Waals surface area contributed by atoms with Crippen LogP contribution in [-0.4, -0.2) is 28.0 Å². The lowest BCUT2D eigenvalue weighted by atomic mass is 9.50. The van der Waals surface area contributed by atoms with Crippen molar-refractivity contribution >= 4 is 16.8 Å². The van der Waals surface area contributed by atoms with Crippen molar-refractivity contribution in [1.82, 2.24) is 15.3 Å². The maximum atomic E-state index is 12.5. The second kappa shape index (κ2) is 4.49. The molecule has 2 atom stereocenters. The van der Waals surface area contributed by atoms with Crippen molar-refractivity contribution in [1.29, 1.82) is 0 Å². The molecule has 4 rings (SSSR count). The van der Waals surface area contributed by atoms with Crippen LogP contribution in [0.5, 0.6) is 0 Å². The average Bonchev–Trinajstić information content (AvgIpc) is 2.44. The Labute approximate surface area is 123 Å². The lowest BCUT2D eigenvalue weighted by molar-refractivity contribution is -0.0390. The normalized spacial score (nSPS) is 26.1. The summed E-state index contributed by atoms with van der Waals surface area (Å²) in [5, 5.41) is 4.06. The van der Waals surface area contributed by atoms with Gasteiger partial charge in [-0.2, -0.15) is 0 Å². The smallest absolute Gasteiger partial charge is 0.272 e. The van der Waals surface area contributed by atoms with Crippen LogP contribution in [0.2, 0.25) is 0 Å². The third-order valence-electron chi connectivity index (χ3n) is 5.25. The zero-order chi connectivity index (χ0) is 14.4. The minimum atomic E-state index is -0.137. The molecule has 108 valence electrons. The topological polar surface area (TPSA) is 80.9 Å². The molecule has 2 aliphatic carbocycles. The number of nitrogens with two attached hydrogens (primary N) is 1. The fraction of sp³-hybridized carbons (Fsp3) is 0.438. The van der Waals surface area contributed by atoms with Gasteiger partial charge in [0.1, 0.15) is 5.52 Å². The predicted molar refractivity (Wildman–Crippen MR) is 79.7 cm³/mol. The van der Waals surface area contributed by atoms with Gasteiger partial charge in [0.2, 0.25) is 0 Å². The van der Waals surface area contributed by atoms with Gasteiger partial charge in [0.15, 0.2) is 5.69 Å². The van der Waals surface area contributed by atoms with Crippen molar-refractivity contribution in [2.24, 2.45) is 11.1 Å². The first-order valence-corrected chi connectivity index (χ1v) is 7.47. The SMILES string of the molecule is NC1CC(NC(=O)c2nccc3cccnc23)C12CCC2. The summed E-state index contributed by atoms with van der Waals surface area (Å²) in [4.78, 5) is 21.1. The number of pyridine rings is 2. The summed E-state index contributed by atoms with van der Waals surface area (Å²) in [6.07, 6.45) is 7.68. The van der Waals surface area contributed by atoms with E-state index in [1.165, 1.54) is 6.42 Å². The van der Waals surface area contributed by atoms with Crippen molar-refractivity contribution in [3.63, 3.8) is 0 Å². The average molecular weight is 282 g/mol. The number of carbonyl (C=O) groups is 1. The summed E-state index contributed by atoms with van der Waals surface area (Å²) in [7, 11) is 0. The van der Waals surface area contributed by atoms with E-state index in [1.54, 1.807) is 12.4 Å². The fourth-order valence-corrected chi connectivity index (χ4v) is 3.72. The van der Waals surface area contributed by atoms with Gasteiger partial charge in [0.25, 0.3) is 5.91 Å². The Hall–Kier alpha value is -2.01. The molecule has 5 heteroatoms. The predicted octanol–water partition coefficient (Wildman–Crippen LogP) is 1.63. The molecule has 1 amide bonds. The van der Waals surface area contributed by atoms with Crippen molar-refractivity contribution in [3.05, 3.63) is 36.3 Å². The molecule has 2 aromatic rings. The summed E-state index contributed by atoms with van der Waals surface area (Å²) < 4.78 is 0. The molecule has 2 saturated carbocycles. The zero-order valence-electron chi connectivity index (χ0n) is 11.7. The molecule has 2 heterocycles. The molecule has 0 radical (unpaired) electrons. The Morgan fingerprint density at radius 1 is 1.29 bits per heavy atom. The molecule has 0 saturated heterocycles. The third-order valence-corrected chi connectivity index (χ3v) is 5.25. The van der Waals surface area contributed by atoms with Gasteiger partial charge in [0, 0.05) is 35.3 Å². The van der Waals surface area contributed by atoms with Crippen LogP contribution in [0.15, 0.2) is 30.6 Å². The van der Waals surface area contributed by atoms with Gasteiger partial charge >= 0.3 is 0 Å². The Balaban J connectivity index is 1.60. The minimum Gasteiger partial charge on any atom is -0.347 e. The highest BCUT2D eigenvalue weighted by Crippen LogP contribution is 2.55. The Kier molecular flexibility index (Phi) is 2.72. The zero-order valence-corrected chi connectivity index (χ0v) is 11.7. The fourth-order valence-electron chi connectivity index (χ4n) is 3.72. The van der Waals surface area contributed by atoms with Crippen LogP contribution in [0.3, 0.4) is 0 Å². The second-order valence-electron chi connectivity index (χ2n) is 6.19. The van der Waals surface area contributed by atoms with Crippen LogP contribution >= 0.6 is 0 Å². The van der Waals surface area contributed by atoms with Crippen LogP contribution in [0.4, 0.5) is 0 Å². The molecule has 0 aliphatic heterocycles. The Bertz CT molecular complexity index is 705. The van der Waals surface area contributed by atoms with E-state index in [0.717, 1.165) is 24.6 Å². The van der Waals surface area contributed by atoms with E-state index in [0.29, 0.717) is 11.2 Å². The number of nitrogens with one attached hydrogen (secondary N) is 1. The third kappa shape index (κ3) is 1.77. The molecule has 0 aromatic carbocycles. The molecule has 21 heavy (non-hydrogen) atoms.